The molecule has 0 spiro atoms. The number of nitrogens with zero attached hydrogens (tertiary/aromatic N) is 2. The van der Waals surface area contributed by atoms with Crippen molar-refractivity contribution in [1.29, 1.82) is 0 Å². The zero-order chi connectivity index (χ0) is 22.0. The van der Waals surface area contributed by atoms with Crippen LogP contribution in [-0.4, -0.2) is 49.2 Å². The lowest BCUT2D eigenvalue weighted by Gasteiger charge is -2.30. The van der Waals surface area contributed by atoms with E-state index >= 15 is 0 Å². The highest BCUT2D eigenvalue weighted by Gasteiger charge is 2.33. The van der Waals surface area contributed by atoms with Gasteiger partial charge in [-0.25, -0.2) is 13.4 Å². The number of thiazole rings is 1. The van der Waals surface area contributed by atoms with Crippen LogP contribution in [0.4, 0.5) is 5.13 Å². The van der Waals surface area contributed by atoms with Gasteiger partial charge in [-0.2, -0.15) is 4.31 Å². The van der Waals surface area contributed by atoms with E-state index < -0.39 is 10.0 Å². The molecule has 3 aromatic rings. The average Bonchev–Trinajstić information content (AvgIpc) is 3.21. The summed E-state index contributed by atoms with van der Waals surface area (Å²) in [5, 5.41) is 3.53. The van der Waals surface area contributed by atoms with Gasteiger partial charge in [-0.1, -0.05) is 29.5 Å². The van der Waals surface area contributed by atoms with E-state index in [-0.39, 0.29) is 11.8 Å². The molecule has 31 heavy (non-hydrogen) atoms. The molecule has 0 saturated carbocycles. The van der Waals surface area contributed by atoms with Gasteiger partial charge >= 0.3 is 0 Å². The van der Waals surface area contributed by atoms with Gasteiger partial charge in [0.05, 0.1) is 15.1 Å². The summed E-state index contributed by atoms with van der Waals surface area (Å²) in [7, 11) is -3.57. The molecule has 4 rings (SSSR count). The Hall–Kier alpha value is -1.59. The van der Waals surface area contributed by atoms with Crippen molar-refractivity contribution < 1.29 is 13.2 Å². The third-order valence-electron chi connectivity index (χ3n) is 5.34. The first-order chi connectivity index (χ1) is 14.9. The number of piperidine rings is 1. The second kappa shape index (κ2) is 9.50. The van der Waals surface area contributed by atoms with Crippen molar-refractivity contribution >= 4 is 66.1 Å². The summed E-state index contributed by atoms with van der Waals surface area (Å²) in [4.78, 5) is 19.6. The second-order valence-corrected chi connectivity index (χ2v) is 11.8. The number of nitrogens with one attached hydrogen (secondary N) is 1. The number of amides is 1. The standard InChI is InChI=1S/C21H23N3O3S4/c1-28-15-6-3-4-9-18(15)31(26,27)24-12-10-14(11-13-24)20(25)23-21-22-19-16(29-2)7-5-8-17(19)30-21/h3-9,14H,10-13H2,1-2H3,(H,22,23,25). The van der Waals surface area contributed by atoms with Gasteiger partial charge in [-0.15, -0.1) is 23.5 Å². The number of benzene rings is 2. The molecule has 1 fully saturated rings. The SMILES string of the molecule is CSc1ccccc1S(=O)(=O)N1CCC(C(=O)Nc2nc3c(SC)cccc3s2)CC1. The number of para-hydroxylation sites is 1. The van der Waals surface area contributed by atoms with Crippen molar-refractivity contribution in [3.8, 4) is 0 Å². The molecule has 10 heteroatoms. The zero-order valence-corrected chi connectivity index (χ0v) is 20.5. The number of carbonyl (C=O) groups is 1. The van der Waals surface area contributed by atoms with Gasteiger partial charge in [0.1, 0.15) is 0 Å². The smallest absolute Gasteiger partial charge is 0.244 e. The van der Waals surface area contributed by atoms with Crippen molar-refractivity contribution in [2.24, 2.45) is 5.92 Å². The summed E-state index contributed by atoms with van der Waals surface area (Å²) >= 11 is 4.51. The number of aromatic nitrogens is 1. The van der Waals surface area contributed by atoms with Crippen LogP contribution < -0.4 is 5.32 Å². The minimum Gasteiger partial charge on any atom is -0.302 e. The number of hydrogen-bond acceptors (Lipinski definition) is 7. The zero-order valence-electron chi connectivity index (χ0n) is 17.2. The Morgan fingerprint density at radius 3 is 2.45 bits per heavy atom. The number of thioether (sulfide) groups is 2. The molecule has 0 radical (unpaired) electrons. The summed E-state index contributed by atoms with van der Waals surface area (Å²) in [5.41, 5.74) is 0.906. The van der Waals surface area contributed by atoms with E-state index in [4.69, 9.17) is 0 Å². The van der Waals surface area contributed by atoms with Crippen LogP contribution in [0.15, 0.2) is 57.2 Å². The molecular weight excluding hydrogens is 471 g/mol. The van der Waals surface area contributed by atoms with Crippen molar-refractivity contribution in [3.05, 3.63) is 42.5 Å². The fourth-order valence-corrected chi connectivity index (χ4v) is 7.79. The largest absolute Gasteiger partial charge is 0.302 e. The predicted octanol–water partition coefficient (Wildman–Crippen LogP) is 4.78. The molecular formula is C21H23N3O3S4. The quantitative estimate of drug-likeness (QED) is 0.498. The Morgan fingerprint density at radius 1 is 1.06 bits per heavy atom. The maximum atomic E-state index is 13.1. The van der Waals surface area contributed by atoms with Crippen LogP contribution in [0.2, 0.25) is 0 Å². The summed E-state index contributed by atoms with van der Waals surface area (Å²) in [6, 6.07) is 13.1. The van der Waals surface area contributed by atoms with Gasteiger partial charge in [-0.3, -0.25) is 4.79 Å². The molecule has 1 N–H and O–H groups in total. The molecule has 6 nitrogen and oxygen atoms in total. The molecule has 164 valence electrons. The van der Waals surface area contributed by atoms with Crippen LogP contribution in [0.5, 0.6) is 0 Å². The van der Waals surface area contributed by atoms with E-state index in [0.717, 1.165) is 20.0 Å². The molecule has 1 aliphatic rings. The third kappa shape index (κ3) is 4.63. The maximum Gasteiger partial charge on any atom is 0.244 e. The molecule has 0 aliphatic carbocycles. The van der Waals surface area contributed by atoms with Crippen LogP contribution in [0.3, 0.4) is 0 Å². The first kappa shape index (κ1) is 22.6. The molecule has 1 aromatic heterocycles. The van der Waals surface area contributed by atoms with Crippen molar-refractivity contribution in [2.75, 3.05) is 30.9 Å². The van der Waals surface area contributed by atoms with E-state index in [0.29, 0.717) is 36.0 Å². The number of fused-ring (bicyclic) bond motifs is 1. The normalized spacial score (nSPS) is 15.9. The Bertz CT molecular complexity index is 1200. The molecule has 2 heterocycles. The van der Waals surface area contributed by atoms with Gasteiger partial charge in [0.25, 0.3) is 0 Å². The van der Waals surface area contributed by atoms with Gasteiger partial charge in [0.15, 0.2) is 5.13 Å². The van der Waals surface area contributed by atoms with E-state index in [1.165, 1.54) is 27.4 Å². The number of sulfonamides is 1. The fourth-order valence-electron chi connectivity index (χ4n) is 3.68. The van der Waals surface area contributed by atoms with E-state index in [1.807, 2.05) is 42.8 Å². The van der Waals surface area contributed by atoms with Crippen molar-refractivity contribution in [1.82, 2.24) is 9.29 Å². The highest BCUT2D eigenvalue weighted by atomic mass is 32.2. The van der Waals surface area contributed by atoms with Gasteiger partial charge in [-0.05, 0) is 49.6 Å². The molecule has 0 unspecified atom stereocenters. The third-order valence-corrected chi connectivity index (χ3v) is 9.93. The topological polar surface area (TPSA) is 79.4 Å². The second-order valence-electron chi connectivity index (χ2n) is 7.14. The molecule has 2 aromatic carbocycles. The lowest BCUT2D eigenvalue weighted by atomic mass is 9.97. The van der Waals surface area contributed by atoms with E-state index in [1.54, 1.807) is 23.9 Å². The van der Waals surface area contributed by atoms with E-state index in [9.17, 15) is 13.2 Å². The lowest BCUT2D eigenvalue weighted by molar-refractivity contribution is -0.120. The minimum atomic E-state index is -3.57. The van der Waals surface area contributed by atoms with Crippen LogP contribution in [0.1, 0.15) is 12.8 Å². The fraction of sp³-hybridized carbons (Fsp3) is 0.333. The first-order valence-electron chi connectivity index (χ1n) is 9.81. The first-order valence-corrected chi connectivity index (χ1v) is 14.5. The molecule has 1 saturated heterocycles. The lowest BCUT2D eigenvalue weighted by Crippen LogP contribution is -2.41. The van der Waals surface area contributed by atoms with Gasteiger partial charge in [0, 0.05) is 28.8 Å². The number of anilines is 1. The van der Waals surface area contributed by atoms with Crippen molar-refractivity contribution in [2.45, 2.75) is 27.5 Å². The van der Waals surface area contributed by atoms with Crippen LogP contribution in [-0.2, 0) is 14.8 Å². The highest BCUT2D eigenvalue weighted by molar-refractivity contribution is 7.99. The number of rotatable bonds is 6. The number of hydrogen-bond donors (Lipinski definition) is 1. The summed E-state index contributed by atoms with van der Waals surface area (Å²) in [5.74, 6) is -0.319. The number of carbonyl (C=O) groups excluding carboxylic acids is 1. The molecule has 0 atom stereocenters. The molecule has 0 bridgehead atoms. The summed E-state index contributed by atoms with van der Waals surface area (Å²) in [6.45, 7) is 0.666. The predicted molar refractivity (Wildman–Crippen MR) is 130 cm³/mol. The maximum absolute atomic E-state index is 13.1. The Balaban J connectivity index is 1.42. The highest BCUT2D eigenvalue weighted by Crippen LogP contribution is 2.33. The Kier molecular flexibility index (Phi) is 6.92. The Labute approximate surface area is 194 Å². The molecule has 1 amide bonds. The van der Waals surface area contributed by atoms with Crippen LogP contribution in [0, 0.1) is 5.92 Å². The monoisotopic (exact) mass is 493 g/mol. The van der Waals surface area contributed by atoms with Crippen LogP contribution >= 0.6 is 34.9 Å². The average molecular weight is 494 g/mol. The van der Waals surface area contributed by atoms with Crippen molar-refractivity contribution in [3.63, 3.8) is 0 Å². The Morgan fingerprint density at radius 2 is 1.74 bits per heavy atom. The summed E-state index contributed by atoms with van der Waals surface area (Å²) in [6.07, 6.45) is 4.86. The van der Waals surface area contributed by atoms with Gasteiger partial charge < -0.3 is 5.32 Å². The van der Waals surface area contributed by atoms with Gasteiger partial charge in [0.2, 0.25) is 15.9 Å². The summed E-state index contributed by atoms with van der Waals surface area (Å²) < 4.78 is 28.7. The molecule has 1 aliphatic heterocycles. The van der Waals surface area contributed by atoms with Crippen LogP contribution in [0.25, 0.3) is 10.2 Å². The minimum absolute atomic E-state index is 0.0914. The van der Waals surface area contributed by atoms with E-state index in [2.05, 4.69) is 10.3 Å².